The number of fused-ring (bicyclic) bond motifs is 1. The zero-order chi connectivity index (χ0) is 31.5. The maximum Gasteiger partial charge on any atom is 0.243 e. The number of nitrogens with zero attached hydrogens (tertiary/aromatic N) is 2. The molecule has 0 aliphatic carbocycles. The van der Waals surface area contributed by atoms with Gasteiger partial charge in [-0.15, -0.1) is 0 Å². The van der Waals surface area contributed by atoms with Crippen LogP contribution in [0.3, 0.4) is 0 Å². The van der Waals surface area contributed by atoms with Crippen molar-refractivity contribution in [2.24, 2.45) is 0 Å². The maximum atomic E-state index is 14.0. The highest BCUT2D eigenvalue weighted by Gasteiger charge is 2.31. The number of amides is 2. The number of hydrogen-bond acceptors (Lipinski definition) is 6. The number of unbranched alkanes of at least 4 members (excludes halogenated alkanes) is 1. The number of sulfonamides is 1. The van der Waals surface area contributed by atoms with Gasteiger partial charge in [-0.1, -0.05) is 67.9 Å². The van der Waals surface area contributed by atoms with E-state index in [4.69, 9.17) is 9.47 Å². The predicted octanol–water partition coefficient (Wildman–Crippen LogP) is 4.87. The first-order valence-electron chi connectivity index (χ1n) is 15.2. The van der Waals surface area contributed by atoms with E-state index in [9.17, 15) is 18.0 Å². The third-order valence-corrected chi connectivity index (χ3v) is 8.86. The standard InChI is InChI=1S/C34H43N3O6S/c1-4-5-19-35-34(39)30(23-27-13-7-6-8-14-27)36(25-28-15-10-9-12-26(28)2)33(38)16-11-20-37(44(3,40)41)29-17-18-31-32(24-29)43-22-21-42-31/h6-10,12-15,17-18,24,30H,4-5,11,16,19-23,25H2,1-3H3,(H,35,39)/t30-/m0/s1. The van der Waals surface area contributed by atoms with Gasteiger partial charge in [-0.25, -0.2) is 8.42 Å². The van der Waals surface area contributed by atoms with E-state index in [2.05, 4.69) is 12.2 Å². The zero-order valence-corrected chi connectivity index (χ0v) is 26.6. The number of ether oxygens (including phenoxy) is 2. The summed E-state index contributed by atoms with van der Waals surface area (Å²) in [5.74, 6) is 0.645. The van der Waals surface area contributed by atoms with E-state index >= 15 is 0 Å². The molecular weight excluding hydrogens is 578 g/mol. The van der Waals surface area contributed by atoms with Gasteiger partial charge in [0, 0.05) is 38.5 Å². The summed E-state index contributed by atoms with van der Waals surface area (Å²) in [6.45, 7) is 5.76. The van der Waals surface area contributed by atoms with E-state index in [1.165, 1.54) is 4.31 Å². The van der Waals surface area contributed by atoms with Crippen molar-refractivity contribution < 1.29 is 27.5 Å². The second-order valence-electron chi connectivity index (χ2n) is 11.1. The Kier molecular flexibility index (Phi) is 11.7. The van der Waals surface area contributed by atoms with Crippen molar-refractivity contribution in [2.45, 2.75) is 58.5 Å². The summed E-state index contributed by atoms with van der Waals surface area (Å²) in [5.41, 5.74) is 3.37. The van der Waals surface area contributed by atoms with Gasteiger partial charge in [0.15, 0.2) is 11.5 Å². The Morgan fingerprint density at radius 1 is 0.932 bits per heavy atom. The number of anilines is 1. The number of nitrogens with one attached hydrogen (secondary N) is 1. The molecule has 3 aromatic carbocycles. The van der Waals surface area contributed by atoms with Gasteiger partial charge < -0.3 is 19.7 Å². The van der Waals surface area contributed by atoms with Gasteiger partial charge in [0.05, 0.1) is 11.9 Å². The van der Waals surface area contributed by atoms with E-state index in [1.807, 2.05) is 61.5 Å². The van der Waals surface area contributed by atoms with Crippen molar-refractivity contribution in [3.63, 3.8) is 0 Å². The van der Waals surface area contributed by atoms with Crippen LogP contribution >= 0.6 is 0 Å². The minimum Gasteiger partial charge on any atom is -0.486 e. The number of carbonyl (C=O) groups is 2. The molecule has 0 saturated carbocycles. The second kappa shape index (κ2) is 15.6. The Balaban J connectivity index is 1.57. The van der Waals surface area contributed by atoms with Crippen LogP contribution in [0.15, 0.2) is 72.8 Å². The van der Waals surface area contributed by atoms with Crippen LogP contribution in [0.5, 0.6) is 11.5 Å². The second-order valence-corrected chi connectivity index (χ2v) is 13.0. The average Bonchev–Trinajstić information content (AvgIpc) is 3.01. The molecule has 236 valence electrons. The first kappa shape index (κ1) is 32.9. The van der Waals surface area contributed by atoms with Gasteiger partial charge in [0.2, 0.25) is 21.8 Å². The quantitative estimate of drug-likeness (QED) is 0.243. The Hall–Kier alpha value is -4.05. The van der Waals surface area contributed by atoms with Crippen molar-refractivity contribution in [1.29, 1.82) is 0 Å². The van der Waals surface area contributed by atoms with Crippen LogP contribution in [0, 0.1) is 6.92 Å². The lowest BCUT2D eigenvalue weighted by Gasteiger charge is -2.32. The SMILES string of the molecule is CCCCNC(=O)[C@H](Cc1ccccc1)N(Cc1ccccc1C)C(=O)CCCN(c1ccc2c(c1)OCCO2)S(C)(=O)=O. The van der Waals surface area contributed by atoms with Crippen molar-refractivity contribution in [2.75, 3.05) is 36.9 Å². The number of benzene rings is 3. The van der Waals surface area contributed by atoms with E-state index in [1.54, 1.807) is 23.1 Å². The summed E-state index contributed by atoms with van der Waals surface area (Å²) in [6.07, 6.45) is 3.62. The van der Waals surface area contributed by atoms with Crippen molar-refractivity contribution in [3.8, 4) is 11.5 Å². The molecule has 1 heterocycles. The van der Waals surface area contributed by atoms with Crippen LogP contribution in [-0.2, 0) is 32.6 Å². The Morgan fingerprint density at radius 3 is 2.34 bits per heavy atom. The smallest absolute Gasteiger partial charge is 0.243 e. The minimum atomic E-state index is -3.65. The lowest BCUT2D eigenvalue weighted by molar-refractivity contribution is -0.141. The number of aryl methyl sites for hydroxylation is 1. The van der Waals surface area contributed by atoms with Crippen LogP contribution < -0.4 is 19.1 Å². The normalized spacial score (nSPS) is 13.2. The first-order valence-corrected chi connectivity index (χ1v) is 17.0. The molecule has 0 saturated heterocycles. The fraction of sp³-hybridized carbons (Fsp3) is 0.412. The Morgan fingerprint density at radius 2 is 1.64 bits per heavy atom. The van der Waals surface area contributed by atoms with Crippen LogP contribution in [0.4, 0.5) is 5.69 Å². The molecule has 2 amide bonds. The van der Waals surface area contributed by atoms with Gasteiger partial charge in [-0.05, 0) is 48.6 Å². The van der Waals surface area contributed by atoms with Gasteiger partial charge in [-0.2, -0.15) is 0 Å². The summed E-state index contributed by atoms with van der Waals surface area (Å²) in [7, 11) is -3.65. The first-order chi connectivity index (χ1) is 21.2. The Bertz CT molecular complexity index is 1510. The van der Waals surface area contributed by atoms with E-state index in [-0.39, 0.29) is 37.7 Å². The topological polar surface area (TPSA) is 105 Å². The monoisotopic (exact) mass is 621 g/mol. The van der Waals surface area contributed by atoms with Gasteiger partial charge in [-0.3, -0.25) is 13.9 Å². The average molecular weight is 622 g/mol. The highest BCUT2D eigenvalue weighted by Crippen LogP contribution is 2.35. The summed E-state index contributed by atoms with van der Waals surface area (Å²) in [6, 6.07) is 21.8. The number of carbonyl (C=O) groups excluding carboxylic acids is 2. The van der Waals surface area contributed by atoms with E-state index in [0.29, 0.717) is 43.4 Å². The van der Waals surface area contributed by atoms with E-state index in [0.717, 1.165) is 35.8 Å². The molecule has 1 aliphatic rings. The fourth-order valence-corrected chi connectivity index (χ4v) is 6.18. The lowest BCUT2D eigenvalue weighted by Crippen LogP contribution is -2.50. The summed E-state index contributed by atoms with van der Waals surface area (Å²) in [4.78, 5) is 29.3. The zero-order valence-electron chi connectivity index (χ0n) is 25.8. The molecule has 9 nitrogen and oxygen atoms in total. The third kappa shape index (κ3) is 8.98. The fourth-order valence-electron chi connectivity index (χ4n) is 5.22. The number of rotatable bonds is 15. The molecule has 44 heavy (non-hydrogen) atoms. The summed E-state index contributed by atoms with van der Waals surface area (Å²) < 4.78 is 38.2. The predicted molar refractivity (Wildman–Crippen MR) is 172 cm³/mol. The third-order valence-electron chi connectivity index (χ3n) is 7.67. The summed E-state index contributed by atoms with van der Waals surface area (Å²) >= 11 is 0. The molecule has 0 fully saturated rings. The lowest BCUT2D eigenvalue weighted by atomic mass is 10.0. The molecule has 0 bridgehead atoms. The van der Waals surface area contributed by atoms with Crippen molar-refractivity contribution >= 4 is 27.5 Å². The molecule has 0 spiro atoms. The van der Waals surface area contributed by atoms with Crippen molar-refractivity contribution in [3.05, 3.63) is 89.5 Å². The molecular formula is C34H43N3O6S. The van der Waals surface area contributed by atoms with Gasteiger partial charge in [0.1, 0.15) is 19.3 Å². The summed E-state index contributed by atoms with van der Waals surface area (Å²) in [5, 5.41) is 3.04. The molecule has 0 radical (unpaired) electrons. The van der Waals surface area contributed by atoms with Crippen LogP contribution in [0.25, 0.3) is 0 Å². The highest BCUT2D eigenvalue weighted by atomic mass is 32.2. The molecule has 0 unspecified atom stereocenters. The van der Waals surface area contributed by atoms with Crippen LogP contribution in [0.2, 0.25) is 0 Å². The molecule has 4 rings (SSSR count). The Labute approximate surface area is 261 Å². The molecule has 0 aromatic heterocycles. The van der Waals surface area contributed by atoms with E-state index < -0.39 is 16.1 Å². The molecule has 1 aliphatic heterocycles. The highest BCUT2D eigenvalue weighted by molar-refractivity contribution is 7.92. The largest absolute Gasteiger partial charge is 0.486 e. The maximum absolute atomic E-state index is 14.0. The van der Waals surface area contributed by atoms with Gasteiger partial charge >= 0.3 is 0 Å². The molecule has 10 heteroatoms. The minimum absolute atomic E-state index is 0.0655. The van der Waals surface area contributed by atoms with Crippen LogP contribution in [0.1, 0.15) is 49.3 Å². The molecule has 1 atom stereocenters. The molecule has 3 aromatic rings. The van der Waals surface area contributed by atoms with Gasteiger partial charge in [0.25, 0.3) is 0 Å². The molecule has 1 N–H and O–H groups in total. The van der Waals surface area contributed by atoms with Crippen LogP contribution in [-0.4, -0.2) is 63.7 Å². The van der Waals surface area contributed by atoms with Crippen molar-refractivity contribution in [1.82, 2.24) is 10.2 Å². The number of hydrogen-bond donors (Lipinski definition) is 1.